The molecule has 1 aliphatic heterocycles. The molecule has 0 radical (unpaired) electrons. The van der Waals surface area contributed by atoms with Gasteiger partial charge in [-0.2, -0.15) is 0 Å². The summed E-state index contributed by atoms with van der Waals surface area (Å²) in [6.45, 7) is 5.87. The van der Waals surface area contributed by atoms with Crippen molar-refractivity contribution in [2.75, 3.05) is 25.0 Å². The Morgan fingerprint density at radius 1 is 1.50 bits per heavy atom. The number of halogens is 1. The molecule has 1 aromatic rings. The fourth-order valence-corrected chi connectivity index (χ4v) is 2.74. The van der Waals surface area contributed by atoms with Crippen LogP contribution in [0.2, 0.25) is 5.02 Å². The van der Waals surface area contributed by atoms with Gasteiger partial charge in [0, 0.05) is 23.2 Å². The van der Waals surface area contributed by atoms with Crippen LogP contribution in [-0.2, 0) is 9.53 Å². The lowest BCUT2D eigenvalue weighted by atomic mass is 9.79. The molecule has 1 heterocycles. The summed E-state index contributed by atoms with van der Waals surface area (Å²) in [6.07, 6.45) is 0.704. The molecule has 1 aromatic carbocycles. The Kier molecular flexibility index (Phi) is 4.89. The van der Waals surface area contributed by atoms with Crippen molar-refractivity contribution in [3.05, 3.63) is 29.3 Å². The lowest BCUT2D eigenvalue weighted by Gasteiger charge is -2.41. The summed E-state index contributed by atoms with van der Waals surface area (Å²) in [7, 11) is 0. The van der Waals surface area contributed by atoms with Crippen molar-refractivity contribution in [2.24, 2.45) is 5.92 Å². The number of ether oxygens (including phenoxy) is 1. The molecule has 5 heteroatoms. The maximum atomic E-state index is 12.5. The molecule has 2 rings (SSSR count). The van der Waals surface area contributed by atoms with E-state index in [1.165, 1.54) is 0 Å². The number of anilines is 1. The Morgan fingerprint density at radius 2 is 2.20 bits per heavy atom. The second-order valence-corrected chi connectivity index (χ2v) is 5.62. The molecule has 20 heavy (non-hydrogen) atoms. The van der Waals surface area contributed by atoms with E-state index in [9.17, 15) is 4.79 Å². The summed E-state index contributed by atoms with van der Waals surface area (Å²) in [5, 5.41) is 7.37. The lowest BCUT2D eigenvalue weighted by molar-refractivity contribution is -0.151. The summed E-state index contributed by atoms with van der Waals surface area (Å²) in [6, 6.07) is 7.40. The minimum absolute atomic E-state index is 0.144. The van der Waals surface area contributed by atoms with Crippen LogP contribution < -0.4 is 10.6 Å². The van der Waals surface area contributed by atoms with Gasteiger partial charge in [0.05, 0.1) is 6.61 Å². The average Bonchev–Trinajstić information content (AvgIpc) is 2.44. The summed E-state index contributed by atoms with van der Waals surface area (Å²) >= 11 is 5.90. The van der Waals surface area contributed by atoms with Crippen molar-refractivity contribution < 1.29 is 9.53 Å². The van der Waals surface area contributed by atoms with Gasteiger partial charge in [0.25, 0.3) is 0 Å². The van der Waals surface area contributed by atoms with Crippen LogP contribution in [0.4, 0.5) is 5.69 Å². The van der Waals surface area contributed by atoms with Crippen molar-refractivity contribution in [3.63, 3.8) is 0 Å². The zero-order valence-electron chi connectivity index (χ0n) is 11.9. The number of carbonyl (C=O) groups is 1. The summed E-state index contributed by atoms with van der Waals surface area (Å²) in [4.78, 5) is 12.5. The maximum Gasteiger partial charge on any atom is 0.332 e. The molecule has 0 aliphatic carbocycles. The predicted octanol–water partition coefficient (Wildman–Crippen LogP) is 2.68. The van der Waals surface area contributed by atoms with Crippen LogP contribution in [0.1, 0.15) is 20.3 Å². The highest BCUT2D eigenvalue weighted by atomic mass is 35.5. The number of piperidine rings is 1. The second kappa shape index (κ2) is 6.46. The van der Waals surface area contributed by atoms with Gasteiger partial charge in [-0.3, -0.25) is 0 Å². The van der Waals surface area contributed by atoms with E-state index >= 15 is 0 Å². The number of benzene rings is 1. The molecule has 4 nitrogen and oxygen atoms in total. The van der Waals surface area contributed by atoms with Crippen molar-refractivity contribution in [1.82, 2.24) is 5.32 Å². The zero-order chi connectivity index (χ0) is 14.6. The normalized spacial score (nSPS) is 26.1. The van der Waals surface area contributed by atoms with Crippen LogP contribution in [0.5, 0.6) is 0 Å². The molecular formula is C15H21ClN2O2. The van der Waals surface area contributed by atoms with Crippen molar-refractivity contribution in [3.8, 4) is 0 Å². The molecule has 110 valence electrons. The average molecular weight is 297 g/mol. The highest BCUT2D eigenvalue weighted by Gasteiger charge is 2.46. The van der Waals surface area contributed by atoms with Gasteiger partial charge in [-0.1, -0.05) is 18.5 Å². The van der Waals surface area contributed by atoms with Crippen molar-refractivity contribution in [2.45, 2.75) is 25.8 Å². The number of carbonyl (C=O) groups excluding carboxylic acids is 1. The van der Waals surface area contributed by atoms with Crippen molar-refractivity contribution in [1.29, 1.82) is 0 Å². The van der Waals surface area contributed by atoms with E-state index in [0.29, 0.717) is 18.1 Å². The minimum Gasteiger partial charge on any atom is -0.464 e. The van der Waals surface area contributed by atoms with Crippen LogP contribution in [-0.4, -0.2) is 31.2 Å². The van der Waals surface area contributed by atoms with Gasteiger partial charge < -0.3 is 15.4 Å². The molecule has 0 spiro atoms. The first-order valence-corrected chi connectivity index (χ1v) is 7.38. The van der Waals surface area contributed by atoms with Gasteiger partial charge in [-0.15, -0.1) is 0 Å². The molecular weight excluding hydrogens is 276 g/mol. The molecule has 2 unspecified atom stereocenters. The van der Waals surface area contributed by atoms with E-state index in [2.05, 4.69) is 17.6 Å². The van der Waals surface area contributed by atoms with Gasteiger partial charge in [-0.05, 0) is 44.2 Å². The van der Waals surface area contributed by atoms with E-state index in [-0.39, 0.29) is 11.9 Å². The van der Waals surface area contributed by atoms with Crippen LogP contribution in [0.3, 0.4) is 0 Å². The van der Waals surface area contributed by atoms with E-state index in [4.69, 9.17) is 16.3 Å². The van der Waals surface area contributed by atoms with E-state index < -0.39 is 5.54 Å². The molecule has 0 aromatic heterocycles. The molecule has 1 aliphatic rings. The predicted molar refractivity (Wildman–Crippen MR) is 81.1 cm³/mol. The van der Waals surface area contributed by atoms with Crippen LogP contribution >= 0.6 is 11.6 Å². The Bertz CT molecular complexity index is 463. The number of esters is 1. The fourth-order valence-electron chi connectivity index (χ4n) is 2.62. The lowest BCUT2D eigenvalue weighted by Crippen LogP contribution is -2.59. The smallest absolute Gasteiger partial charge is 0.332 e. The SMILES string of the molecule is CCOC(=O)C1(Nc2ccc(Cl)cc2)CCNCC1C. The largest absolute Gasteiger partial charge is 0.464 e. The first kappa shape index (κ1) is 15.1. The monoisotopic (exact) mass is 296 g/mol. The van der Waals surface area contributed by atoms with Gasteiger partial charge in [0.1, 0.15) is 5.54 Å². The van der Waals surface area contributed by atoms with Gasteiger partial charge >= 0.3 is 5.97 Å². The first-order valence-electron chi connectivity index (χ1n) is 7.00. The third-order valence-corrected chi connectivity index (χ3v) is 4.09. The number of hydrogen-bond donors (Lipinski definition) is 2. The van der Waals surface area contributed by atoms with E-state index in [1.54, 1.807) is 0 Å². The Labute approximate surface area is 124 Å². The molecule has 1 saturated heterocycles. The highest BCUT2D eigenvalue weighted by Crippen LogP contribution is 2.31. The molecule has 0 saturated carbocycles. The molecule has 0 bridgehead atoms. The van der Waals surface area contributed by atoms with E-state index in [1.807, 2.05) is 31.2 Å². The fraction of sp³-hybridized carbons (Fsp3) is 0.533. The first-order chi connectivity index (χ1) is 9.58. The topological polar surface area (TPSA) is 50.4 Å². The second-order valence-electron chi connectivity index (χ2n) is 5.18. The van der Waals surface area contributed by atoms with Crippen molar-refractivity contribution >= 4 is 23.3 Å². The number of nitrogens with one attached hydrogen (secondary N) is 2. The molecule has 1 fully saturated rings. The third-order valence-electron chi connectivity index (χ3n) is 3.84. The summed E-state index contributed by atoms with van der Waals surface area (Å²) in [5.41, 5.74) is 0.214. The minimum atomic E-state index is -0.672. The summed E-state index contributed by atoms with van der Waals surface area (Å²) in [5.74, 6) is -0.0325. The Hall–Kier alpha value is -1.26. The van der Waals surface area contributed by atoms with Crippen LogP contribution in [0.25, 0.3) is 0 Å². The Morgan fingerprint density at radius 3 is 2.80 bits per heavy atom. The molecule has 2 atom stereocenters. The zero-order valence-corrected chi connectivity index (χ0v) is 12.7. The third kappa shape index (κ3) is 3.07. The summed E-state index contributed by atoms with van der Waals surface area (Å²) < 4.78 is 5.30. The number of hydrogen-bond acceptors (Lipinski definition) is 4. The van der Waals surface area contributed by atoms with Crippen LogP contribution in [0, 0.1) is 5.92 Å². The standard InChI is InChI=1S/C15H21ClN2O2/c1-3-20-14(19)15(8-9-17-10-11(15)2)18-13-6-4-12(16)5-7-13/h4-7,11,17-18H,3,8-10H2,1-2H3. The van der Waals surface area contributed by atoms with Gasteiger partial charge in [0.2, 0.25) is 0 Å². The van der Waals surface area contributed by atoms with E-state index in [0.717, 1.165) is 18.8 Å². The number of rotatable bonds is 4. The van der Waals surface area contributed by atoms with Crippen LogP contribution in [0.15, 0.2) is 24.3 Å². The van der Waals surface area contributed by atoms with Gasteiger partial charge in [0.15, 0.2) is 0 Å². The molecule has 0 amide bonds. The van der Waals surface area contributed by atoms with Gasteiger partial charge in [-0.25, -0.2) is 4.79 Å². The highest BCUT2D eigenvalue weighted by molar-refractivity contribution is 6.30. The quantitative estimate of drug-likeness (QED) is 0.839. The maximum absolute atomic E-state index is 12.5. The Balaban J connectivity index is 2.26. The molecule has 2 N–H and O–H groups in total.